The molecule has 0 bridgehead atoms. The van der Waals surface area contributed by atoms with E-state index in [9.17, 15) is 22.8 Å². The molecule has 9 heteroatoms. The third-order valence-corrected chi connectivity index (χ3v) is 4.49. The summed E-state index contributed by atoms with van der Waals surface area (Å²) in [6.45, 7) is -0.569. The van der Waals surface area contributed by atoms with Gasteiger partial charge in [0, 0.05) is 21.4 Å². The van der Waals surface area contributed by atoms with Crippen LogP contribution in [-0.4, -0.2) is 24.2 Å². The van der Waals surface area contributed by atoms with E-state index in [4.69, 9.17) is 16.3 Å². The summed E-state index contributed by atoms with van der Waals surface area (Å²) in [6.07, 6.45) is -4.42. The number of hydrogen-bond donors (Lipinski definition) is 1. The number of carbonyl (C=O) groups excluding carboxylic acids is 2. The molecule has 27 heavy (non-hydrogen) atoms. The van der Waals surface area contributed by atoms with E-state index in [0.29, 0.717) is 10.8 Å². The molecule has 0 unspecified atom stereocenters. The maximum atomic E-state index is 12.6. The van der Waals surface area contributed by atoms with E-state index < -0.39 is 30.2 Å². The molecule has 2 aromatic carbocycles. The fourth-order valence-corrected chi connectivity index (χ4v) is 2.93. The molecule has 4 nitrogen and oxygen atoms in total. The number of amides is 1. The maximum Gasteiger partial charge on any atom is 0.416 e. The zero-order valence-corrected chi connectivity index (χ0v) is 15.5. The predicted molar refractivity (Wildman–Crippen MR) is 97.8 cm³/mol. The van der Waals surface area contributed by atoms with Gasteiger partial charge in [0.1, 0.15) is 0 Å². The lowest BCUT2D eigenvalue weighted by Crippen LogP contribution is -2.21. The highest BCUT2D eigenvalue weighted by molar-refractivity contribution is 7.99. The Kier molecular flexibility index (Phi) is 7.55. The second kappa shape index (κ2) is 9.66. The second-order valence-corrected chi connectivity index (χ2v) is 6.94. The average Bonchev–Trinajstić information content (AvgIpc) is 2.61. The van der Waals surface area contributed by atoms with Gasteiger partial charge in [-0.05, 0) is 42.5 Å². The summed E-state index contributed by atoms with van der Waals surface area (Å²) in [5.74, 6) is -0.834. The lowest BCUT2D eigenvalue weighted by Gasteiger charge is -2.10. The minimum Gasteiger partial charge on any atom is -0.456 e. The number of nitrogens with one attached hydrogen (secondary N) is 1. The van der Waals surface area contributed by atoms with Gasteiger partial charge in [-0.15, -0.1) is 11.8 Å². The van der Waals surface area contributed by atoms with Crippen molar-refractivity contribution in [1.29, 1.82) is 0 Å². The van der Waals surface area contributed by atoms with E-state index in [1.807, 2.05) is 12.1 Å². The minimum absolute atomic E-state index is 0.0239. The third-order valence-electron chi connectivity index (χ3n) is 3.23. The Morgan fingerprint density at radius 1 is 1.11 bits per heavy atom. The van der Waals surface area contributed by atoms with Crippen molar-refractivity contribution in [3.05, 3.63) is 59.1 Å². The van der Waals surface area contributed by atoms with Crippen LogP contribution in [0.15, 0.2) is 53.4 Å². The number of anilines is 1. The normalized spacial score (nSPS) is 11.1. The maximum absolute atomic E-state index is 12.6. The van der Waals surface area contributed by atoms with Gasteiger partial charge in [0.05, 0.1) is 12.0 Å². The molecule has 144 valence electrons. The van der Waals surface area contributed by atoms with Crippen LogP contribution in [0.2, 0.25) is 5.02 Å². The van der Waals surface area contributed by atoms with Gasteiger partial charge in [-0.1, -0.05) is 17.7 Å². The fraction of sp³-hybridized carbons (Fsp3) is 0.222. The van der Waals surface area contributed by atoms with Crippen molar-refractivity contribution in [3.63, 3.8) is 0 Å². The quantitative estimate of drug-likeness (QED) is 0.507. The molecular formula is C18H15ClF3NO3S. The monoisotopic (exact) mass is 417 g/mol. The molecule has 1 N–H and O–H groups in total. The Labute approximate surface area is 163 Å². The average molecular weight is 418 g/mol. The highest BCUT2D eigenvalue weighted by atomic mass is 35.5. The van der Waals surface area contributed by atoms with Gasteiger partial charge in [0.25, 0.3) is 5.91 Å². The number of esters is 1. The van der Waals surface area contributed by atoms with Crippen LogP contribution in [0.3, 0.4) is 0 Å². The van der Waals surface area contributed by atoms with Crippen molar-refractivity contribution in [2.75, 3.05) is 17.7 Å². The molecule has 0 aliphatic carbocycles. The molecule has 0 spiro atoms. The van der Waals surface area contributed by atoms with Gasteiger partial charge in [-0.2, -0.15) is 13.2 Å². The predicted octanol–water partition coefficient (Wildman–Crippen LogP) is 5.02. The standard InChI is InChI=1S/C18H15ClF3NO3S/c19-13-4-6-15(7-5-13)27-9-8-17(25)26-11-16(24)23-14-3-1-2-12(10-14)18(20,21)22/h1-7,10H,8-9,11H2,(H,23,24). The molecule has 0 fully saturated rings. The van der Waals surface area contributed by atoms with E-state index in [-0.39, 0.29) is 12.1 Å². The van der Waals surface area contributed by atoms with Crippen molar-refractivity contribution < 1.29 is 27.5 Å². The summed E-state index contributed by atoms with van der Waals surface area (Å²) in [5.41, 5.74) is -0.902. The van der Waals surface area contributed by atoms with Crippen molar-refractivity contribution in [3.8, 4) is 0 Å². The van der Waals surface area contributed by atoms with Gasteiger partial charge in [0.15, 0.2) is 6.61 Å². The highest BCUT2D eigenvalue weighted by Gasteiger charge is 2.30. The van der Waals surface area contributed by atoms with Gasteiger partial charge in [-0.3, -0.25) is 9.59 Å². The number of halogens is 4. The minimum atomic E-state index is -4.51. The Bertz CT molecular complexity index is 797. The molecule has 0 saturated heterocycles. The van der Waals surface area contributed by atoms with Gasteiger partial charge >= 0.3 is 12.1 Å². The zero-order valence-electron chi connectivity index (χ0n) is 13.9. The Morgan fingerprint density at radius 3 is 2.48 bits per heavy atom. The molecule has 2 aromatic rings. The van der Waals surface area contributed by atoms with Crippen LogP contribution in [0.1, 0.15) is 12.0 Å². The first-order chi connectivity index (χ1) is 12.7. The van der Waals surface area contributed by atoms with Crippen LogP contribution >= 0.6 is 23.4 Å². The molecule has 0 heterocycles. The number of rotatable bonds is 7. The number of hydrogen-bond acceptors (Lipinski definition) is 4. The molecule has 0 atom stereocenters. The highest BCUT2D eigenvalue weighted by Crippen LogP contribution is 2.30. The second-order valence-electron chi connectivity index (χ2n) is 5.34. The first-order valence-electron chi connectivity index (χ1n) is 7.75. The van der Waals surface area contributed by atoms with Crippen molar-refractivity contribution in [2.24, 2.45) is 0 Å². The molecule has 0 aliphatic rings. The molecular weight excluding hydrogens is 403 g/mol. The molecule has 0 aliphatic heterocycles. The summed E-state index contributed by atoms with van der Waals surface area (Å²) in [4.78, 5) is 24.3. The Hall–Kier alpha value is -2.19. The first-order valence-corrected chi connectivity index (χ1v) is 9.11. The van der Waals surface area contributed by atoms with E-state index in [1.54, 1.807) is 12.1 Å². The summed E-state index contributed by atoms with van der Waals surface area (Å²) in [6, 6.07) is 11.3. The fourth-order valence-electron chi connectivity index (χ4n) is 1.97. The van der Waals surface area contributed by atoms with Crippen LogP contribution in [-0.2, 0) is 20.5 Å². The Balaban J connectivity index is 1.72. The summed E-state index contributed by atoms with van der Waals surface area (Å²) in [5, 5.41) is 2.88. The van der Waals surface area contributed by atoms with Crippen molar-refractivity contribution in [2.45, 2.75) is 17.5 Å². The lowest BCUT2D eigenvalue weighted by atomic mass is 10.2. The largest absolute Gasteiger partial charge is 0.456 e. The smallest absolute Gasteiger partial charge is 0.416 e. The summed E-state index contributed by atoms with van der Waals surface area (Å²) < 4.78 is 42.7. The number of carbonyl (C=O) groups is 2. The molecule has 1 amide bonds. The van der Waals surface area contributed by atoms with Gasteiger partial charge < -0.3 is 10.1 Å². The molecule has 0 radical (unpaired) electrons. The van der Waals surface area contributed by atoms with E-state index in [0.717, 1.165) is 17.0 Å². The van der Waals surface area contributed by atoms with Gasteiger partial charge in [-0.25, -0.2) is 0 Å². The van der Waals surface area contributed by atoms with Crippen LogP contribution in [0, 0.1) is 0 Å². The van der Waals surface area contributed by atoms with Crippen LogP contribution in [0.4, 0.5) is 18.9 Å². The SMILES string of the molecule is O=C(COC(=O)CCSc1ccc(Cl)cc1)Nc1cccc(C(F)(F)F)c1. The Morgan fingerprint density at radius 2 is 1.81 bits per heavy atom. The third kappa shape index (κ3) is 7.52. The van der Waals surface area contributed by atoms with Crippen LogP contribution in [0.25, 0.3) is 0 Å². The van der Waals surface area contributed by atoms with Crippen molar-refractivity contribution in [1.82, 2.24) is 0 Å². The number of thioether (sulfide) groups is 1. The summed E-state index contributed by atoms with van der Waals surface area (Å²) in [7, 11) is 0. The van der Waals surface area contributed by atoms with E-state index in [1.165, 1.54) is 23.9 Å². The lowest BCUT2D eigenvalue weighted by molar-refractivity contribution is -0.146. The van der Waals surface area contributed by atoms with Gasteiger partial charge in [0.2, 0.25) is 0 Å². The molecule has 2 rings (SSSR count). The number of benzene rings is 2. The topological polar surface area (TPSA) is 55.4 Å². The summed E-state index contributed by atoms with van der Waals surface area (Å²) >= 11 is 7.21. The van der Waals surface area contributed by atoms with Crippen LogP contribution < -0.4 is 5.32 Å². The van der Waals surface area contributed by atoms with Crippen molar-refractivity contribution >= 4 is 40.9 Å². The van der Waals surface area contributed by atoms with Crippen LogP contribution in [0.5, 0.6) is 0 Å². The molecule has 0 saturated carbocycles. The zero-order chi connectivity index (χ0) is 19.9. The van der Waals surface area contributed by atoms with E-state index in [2.05, 4.69) is 5.32 Å². The first kappa shape index (κ1) is 21.1. The van der Waals surface area contributed by atoms with E-state index >= 15 is 0 Å². The number of alkyl halides is 3. The number of ether oxygens (including phenoxy) is 1. The molecule has 0 aromatic heterocycles.